The Bertz CT molecular complexity index is 139. The Morgan fingerprint density at radius 2 is 2.07 bits per heavy atom. The van der Waals surface area contributed by atoms with Crippen molar-refractivity contribution in [2.45, 2.75) is 51.5 Å². The van der Waals surface area contributed by atoms with Crippen LogP contribution < -0.4 is 0 Å². The molecule has 2 atom stereocenters. The van der Waals surface area contributed by atoms with E-state index in [0.29, 0.717) is 6.61 Å². The highest BCUT2D eigenvalue weighted by atomic mass is 16.3. The number of hydrogen-bond acceptors (Lipinski definition) is 2. The third kappa shape index (κ3) is 3.25. The van der Waals surface area contributed by atoms with Crippen LogP contribution in [0.2, 0.25) is 0 Å². The molecule has 1 saturated carbocycles. The van der Waals surface area contributed by atoms with Crippen LogP contribution in [0, 0.1) is 5.92 Å². The summed E-state index contributed by atoms with van der Waals surface area (Å²) in [4.78, 5) is 2.44. The van der Waals surface area contributed by atoms with Crippen molar-refractivity contribution in [2.75, 3.05) is 20.2 Å². The van der Waals surface area contributed by atoms with E-state index in [1.807, 2.05) is 0 Å². The molecule has 0 radical (unpaired) electrons. The van der Waals surface area contributed by atoms with Crippen LogP contribution in [0.15, 0.2) is 0 Å². The van der Waals surface area contributed by atoms with Gasteiger partial charge in [0.05, 0.1) is 0 Å². The van der Waals surface area contributed by atoms with E-state index in [9.17, 15) is 0 Å². The summed E-state index contributed by atoms with van der Waals surface area (Å²) in [5, 5.41) is 8.77. The van der Waals surface area contributed by atoms with Crippen molar-refractivity contribution >= 4 is 0 Å². The number of unbranched alkanes of at least 4 members (excludes halogenated alkanes) is 1. The molecule has 0 aromatic rings. The minimum absolute atomic E-state index is 0.330. The Labute approximate surface area is 88.3 Å². The minimum atomic E-state index is 0.330. The van der Waals surface area contributed by atoms with E-state index in [-0.39, 0.29) is 0 Å². The number of rotatable bonds is 7. The van der Waals surface area contributed by atoms with E-state index in [2.05, 4.69) is 18.9 Å². The number of aliphatic hydroxyl groups excluding tert-OH is 1. The molecule has 1 rings (SSSR count). The van der Waals surface area contributed by atoms with Gasteiger partial charge in [-0.05, 0) is 38.6 Å². The van der Waals surface area contributed by atoms with Crippen LogP contribution in [0.3, 0.4) is 0 Å². The van der Waals surface area contributed by atoms with Gasteiger partial charge in [-0.2, -0.15) is 0 Å². The van der Waals surface area contributed by atoms with Crippen LogP contribution in [0.1, 0.15) is 45.4 Å². The van der Waals surface area contributed by atoms with Crippen molar-refractivity contribution in [1.29, 1.82) is 0 Å². The zero-order valence-electron chi connectivity index (χ0n) is 9.71. The predicted octanol–water partition coefficient (Wildman–Crippen LogP) is 2.27. The van der Waals surface area contributed by atoms with E-state index in [1.54, 1.807) is 0 Å². The SMILES string of the molecule is CCCCC1CCC1N(C)CCCO. The topological polar surface area (TPSA) is 23.5 Å². The molecule has 2 unspecified atom stereocenters. The Morgan fingerprint density at radius 3 is 2.57 bits per heavy atom. The van der Waals surface area contributed by atoms with Gasteiger partial charge in [0.25, 0.3) is 0 Å². The van der Waals surface area contributed by atoms with Gasteiger partial charge in [-0.3, -0.25) is 0 Å². The molecule has 84 valence electrons. The van der Waals surface area contributed by atoms with Gasteiger partial charge < -0.3 is 10.0 Å². The highest BCUT2D eigenvalue weighted by Gasteiger charge is 2.32. The molecule has 0 saturated heterocycles. The average Bonchev–Trinajstić information content (AvgIpc) is 2.13. The fraction of sp³-hybridized carbons (Fsp3) is 1.00. The summed E-state index contributed by atoms with van der Waals surface area (Å²) in [6, 6.07) is 0.813. The van der Waals surface area contributed by atoms with Crippen LogP contribution in [0.25, 0.3) is 0 Å². The first kappa shape index (κ1) is 12.0. The molecule has 0 heterocycles. The van der Waals surface area contributed by atoms with Gasteiger partial charge in [-0.15, -0.1) is 0 Å². The van der Waals surface area contributed by atoms with E-state index < -0.39 is 0 Å². The van der Waals surface area contributed by atoms with Gasteiger partial charge in [0.2, 0.25) is 0 Å². The molecule has 1 aliphatic rings. The summed E-state index contributed by atoms with van der Waals surface area (Å²) in [6.45, 7) is 3.66. The third-order valence-corrected chi connectivity index (χ3v) is 3.54. The largest absolute Gasteiger partial charge is 0.396 e. The van der Waals surface area contributed by atoms with E-state index in [0.717, 1.165) is 24.9 Å². The molecular formula is C12H25NO. The zero-order chi connectivity index (χ0) is 10.4. The van der Waals surface area contributed by atoms with Crippen LogP contribution in [0.4, 0.5) is 0 Å². The predicted molar refractivity (Wildman–Crippen MR) is 60.4 cm³/mol. The molecule has 0 aromatic carbocycles. The first-order chi connectivity index (χ1) is 6.79. The molecule has 1 fully saturated rings. The second-order valence-electron chi connectivity index (χ2n) is 4.60. The first-order valence-electron chi connectivity index (χ1n) is 6.10. The highest BCUT2D eigenvalue weighted by molar-refractivity contribution is 4.87. The molecule has 0 aromatic heterocycles. The molecule has 1 N–H and O–H groups in total. The Kier molecular flexibility index (Phi) is 5.49. The van der Waals surface area contributed by atoms with Gasteiger partial charge in [0, 0.05) is 19.2 Å². The van der Waals surface area contributed by atoms with Crippen LogP contribution in [-0.2, 0) is 0 Å². The monoisotopic (exact) mass is 199 g/mol. The number of aliphatic hydroxyl groups is 1. The van der Waals surface area contributed by atoms with Crippen LogP contribution >= 0.6 is 0 Å². The van der Waals surface area contributed by atoms with Gasteiger partial charge in [-0.1, -0.05) is 19.8 Å². The second kappa shape index (κ2) is 6.41. The summed E-state index contributed by atoms with van der Waals surface area (Å²) in [5.41, 5.74) is 0. The van der Waals surface area contributed by atoms with E-state index in [4.69, 9.17) is 5.11 Å². The average molecular weight is 199 g/mol. The normalized spacial score (nSPS) is 26.6. The lowest BCUT2D eigenvalue weighted by Crippen LogP contribution is -2.45. The summed E-state index contributed by atoms with van der Waals surface area (Å²) in [7, 11) is 2.21. The van der Waals surface area contributed by atoms with Gasteiger partial charge in [-0.25, -0.2) is 0 Å². The van der Waals surface area contributed by atoms with E-state index in [1.165, 1.54) is 32.1 Å². The molecule has 0 spiro atoms. The highest BCUT2D eigenvalue weighted by Crippen LogP contribution is 2.35. The second-order valence-corrected chi connectivity index (χ2v) is 4.60. The Hall–Kier alpha value is -0.0800. The van der Waals surface area contributed by atoms with Crippen LogP contribution in [0.5, 0.6) is 0 Å². The quantitative estimate of drug-likeness (QED) is 0.680. The summed E-state index contributed by atoms with van der Waals surface area (Å²) in [5.74, 6) is 0.943. The molecule has 0 bridgehead atoms. The lowest BCUT2D eigenvalue weighted by atomic mass is 9.75. The summed E-state index contributed by atoms with van der Waals surface area (Å²) < 4.78 is 0. The van der Waals surface area contributed by atoms with E-state index >= 15 is 0 Å². The molecule has 0 amide bonds. The van der Waals surface area contributed by atoms with Crippen molar-refractivity contribution in [2.24, 2.45) is 5.92 Å². The number of hydrogen-bond donors (Lipinski definition) is 1. The van der Waals surface area contributed by atoms with Crippen molar-refractivity contribution in [3.05, 3.63) is 0 Å². The zero-order valence-corrected chi connectivity index (χ0v) is 9.71. The van der Waals surface area contributed by atoms with Crippen molar-refractivity contribution in [3.63, 3.8) is 0 Å². The number of nitrogens with zero attached hydrogens (tertiary/aromatic N) is 1. The molecule has 1 aliphatic carbocycles. The maximum absolute atomic E-state index is 8.77. The fourth-order valence-corrected chi connectivity index (χ4v) is 2.42. The molecule has 14 heavy (non-hydrogen) atoms. The lowest BCUT2D eigenvalue weighted by molar-refractivity contribution is 0.0719. The van der Waals surface area contributed by atoms with Crippen molar-refractivity contribution < 1.29 is 5.11 Å². The standard InChI is InChI=1S/C12H25NO/c1-3-4-6-11-7-8-12(11)13(2)9-5-10-14/h11-12,14H,3-10H2,1-2H3. The Balaban J connectivity index is 2.16. The molecule has 2 nitrogen and oxygen atoms in total. The van der Waals surface area contributed by atoms with Crippen LogP contribution in [-0.4, -0.2) is 36.2 Å². The maximum atomic E-state index is 8.77. The van der Waals surface area contributed by atoms with Crippen molar-refractivity contribution in [1.82, 2.24) is 4.90 Å². The maximum Gasteiger partial charge on any atom is 0.0443 e. The lowest BCUT2D eigenvalue weighted by Gasteiger charge is -2.43. The van der Waals surface area contributed by atoms with Gasteiger partial charge in [0.1, 0.15) is 0 Å². The summed E-state index contributed by atoms with van der Waals surface area (Å²) >= 11 is 0. The first-order valence-corrected chi connectivity index (χ1v) is 6.10. The molecular weight excluding hydrogens is 174 g/mol. The molecule has 0 aliphatic heterocycles. The Morgan fingerprint density at radius 1 is 1.29 bits per heavy atom. The third-order valence-electron chi connectivity index (χ3n) is 3.54. The van der Waals surface area contributed by atoms with Gasteiger partial charge in [0.15, 0.2) is 0 Å². The smallest absolute Gasteiger partial charge is 0.0443 e. The molecule has 2 heteroatoms. The minimum Gasteiger partial charge on any atom is -0.396 e. The fourth-order valence-electron chi connectivity index (χ4n) is 2.42. The van der Waals surface area contributed by atoms with Crippen molar-refractivity contribution in [3.8, 4) is 0 Å². The summed E-state index contributed by atoms with van der Waals surface area (Å²) in [6.07, 6.45) is 7.83. The van der Waals surface area contributed by atoms with Gasteiger partial charge >= 0.3 is 0 Å².